The van der Waals surface area contributed by atoms with E-state index in [0.717, 1.165) is 21.3 Å². The van der Waals surface area contributed by atoms with Gasteiger partial charge in [0.25, 0.3) is 5.91 Å². The van der Waals surface area contributed by atoms with Crippen LogP contribution in [0, 0.1) is 0 Å². The molecule has 0 fully saturated rings. The topological polar surface area (TPSA) is 46.9 Å². The van der Waals surface area contributed by atoms with Crippen molar-refractivity contribution in [1.82, 2.24) is 14.9 Å². The number of para-hydroxylation sites is 2. The first kappa shape index (κ1) is 16.5. The third-order valence-corrected chi connectivity index (χ3v) is 4.31. The molecule has 3 aromatic rings. The Hall–Kier alpha value is -2.40. The van der Waals surface area contributed by atoms with Gasteiger partial charge in [0.15, 0.2) is 0 Å². The molecule has 1 atom stereocenters. The Morgan fingerprint density at radius 1 is 1.33 bits per heavy atom. The fourth-order valence-electron chi connectivity index (χ4n) is 2.72. The molecule has 0 aliphatic heterocycles. The van der Waals surface area contributed by atoms with Crippen LogP contribution in [-0.4, -0.2) is 15.5 Å². The van der Waals surface area contributed by atoms with Crippen LogP contribution in [0.2, 0.25) is 0 Å². The molecule has 0 radical (unpaired) electrons. The Bertz CT molecular complexity index is 901. The second kappa shape index (κ2) is 7.01. The first-order chi connectivity index (χ1) is 11.6. The summed E-state index contributed by atoms with van der Waals surface area (Å²) in [6, 6.07) is 15.1. The zero-order valence-electron chi connectivity index (χ0n) is 13.4. The quantitative estimate of drug-likeness (QED) is 0.660. The molecule has 0 aliphatic carbocycles. The number of nitrogens with one attached hydrogen (secondary N) is 1. The highest BCUT2D eigenvalue weighted by Gasteiger charge is 2.18. The number of hydrogen-bond acceptors (Lipinski definition) is 2. The fourth-order valence-corrected chi connectivity index (χ4v) is 3.12. The molecule has 1 heterocycles. The van der Waals surface area contributed by atoms with Crippen molar-refractivity contribution in [2.75, 3.05) is 0 Å². The Labute approximate surface area is 149 Å². The molecule has 0 spiro atoms. The molecule has 122 valence electrons. The maximum Gasteiger partial charge on any atom is 0.251 e. The van der Waals surface area contributed by atoms with Crippen molar-refractivity contribution in [3.8, 4) is 0 Å². The molecule has 4 nitrogen and oxygen atoms in total. The molecule has 5 heteroatoms. The van der Waals surface area contributed by atoms with Gasteiger partial charge in [-0.05, 0) is 37.3 Å². The van der Waals surface area contributed by atoms with Crippen LogP contribution in [0.1, 0.15) is 29.1 Å². The number of nitrogens with zero attached hydrogens (tertiary/aromatic N) is 2. The van der Waals surface area contributed by atoms with Crippen LogP contribution in [0.15, 0.2) is 65.7 Å². The minimum atomic E-state index is -0.219. The Kier molecular flexibility index (Phi) is 4.81. The van der Waals surface area contributed by atoms with Gasteiger partial charge in [-0.2, -0.15) is 0 Å². The lowest BCUT2D eigenvalue weighted by Crippen LogP contribution is -2.28. The lowest BCUT2D eigenvalue weighted by Gasteiger charge is -2.15. The molecule has 1 unspecified atom stereocenters. The summed E-state index contributed by atoms with van der Waals surface area (Å²) in [5.74, 6) is 0.695. The average Bonchev–Trinajstić information content (AvgIpc) is 2.94. The van der Waals surface area contributed by atoms with E-state index >= 15 is 0 Å². The van der Waals surface area contributed by atoms with E-state index in [9.17, 15) is 4.79 Å². The molecule has 24 heavy (non-hydrogen) atoms. The third-order valence-electron chi connectivity index (χ3n) is 3.82. The maximum atomic E-state index is 12.5. The van der Waals surface area contributed by atoms with E-state index in [1.165, 1.54) is 0 Å². The normalized spacial score (nSPS) is 12.1. The Morgan fingerprint density at radius 2 is 2.12 bits per heavy atom. The summed E-state index contributed by atoms with van der Waals surface area (Å²) < 4.78 is 2.95. The number of fused-ring (bicyclic) bond motifs is 1. The summed E-state index contributed by atoms with van der Waals surface area (Å²) in [4.78, 5) is 17.2. The van der Waals surface area contributed by atoms with Gasteiger partial charge in [-0.1, -0.05) is 40.2 Å². The summed E-state index contributed by atoms with van der Waals surface area (Å²) >= 11 is 3.39. The molecule has 0 aliphatic rings. The number of allylic oxidation sites excluding steroid dienone is 1. The van der Waals surface area contributed by atoms with E-state index < -0.39 is 0 Å². The maximum absolute atomic E-state index is 12.5. The Morgan fingerprint density at radius 3 is 2.88 bits per heavy atom. The zero-order valence-corrected chi connectivity index (χ0v) is 15.0. The minimum absolute atomic E-state index is 0.124. The molecular weight excluding hydrogens is 366 g/mol. The van der Waals surface area contributed by atoms with Gasteiger partial charge in [0, 0.05) is 16.6 Å². The molecule has 0 bridgehead atoms. The molecule has 2 aromatic carbocycles. The number of amides is 1. The monoisotopic (exact) mass is 383 g/mol. The van der Waals surface area contributed by atoms with Crippen molar-refractivity contribution in [1.29, 1.82) is 0 Å². The number of carbonyl (C=O) groups is 1. The van der Waals surface area contributed by atoms with E-state index in [2.05, 4.69) is 37.4 Å². The molecule has 0 saturated heterocycles. The van der Waals surface area contributed by atoms with Crippen molar-refractivity contribution >= 4 is 32.9 Å². The lowest BCUT2D eigenvalue weighted by molar-refractivity contribution is 0.0937. The molecule has 1 amide bonds. The summed E-state index contributed by atoms with van der Waals surface area (Å²) in [7, 11) is 0. The SMILES string of the molecule is C=CCn1c(C(C)NC(=O)c2cccc(Br)c2)nc2ccccc21. The van der Waals surface area contributed by atoms with Crippen LogP contribution in [-0.2, 0) is 6.54 Å². The number of halogens is 1. The van der Waals surface area contributed by atoms with Crippen LogP contribution in [0.4, 0.5) is 0 Å². The van der Waals surface area contributed by atoms with E-state index in [1.807, 2.05) is 49.4 Å². The summed E-state index contributed by atoms with van der Waals surface area (Å²) in [5.41, 5.74) is 2.57. The summed E-state index contributed by atoms with van der Waals surface area (Å²) in [6.07, 6.45) is 1.83. The van der Waals surface area contributed by atoms with Crippen molar-refractivity contribution in [3.05, 3.63) is 77.0 Å². The van der Waals surface area contributed by atoms with E-state index in [-0.39, 0.29) is 11.9 Å². The van der Waals surface area contributed by atoms with E-state index in [4.69, 9.17) is 0 Å². The van der Waals surface area contributed by atoms with Crippen molar-refractivity contribution in [3.63, 3.8) is 0 Å². The number of benzene rings is 2. The summed E-state index contributed by atoms with van der Waals surface area (Å²) in [5, 5.41) is 3.02. The van der Waals surface area contributed by atoms with Crippen molar-refractivity contribution in [2.45, 2.75) is 19.5 Å². The van der Waals surface area contributed by atoms with Gasteiger partial charge in [0.2, 0.25) is 0 Å². The van der Waals surface area contributed by atoms with Crippen LogP contribution in [0.5, 0.6) is 0 Å². The number of carbonyl (C=O) groups excluding carboxylic acids is 1. The van der Waals surface area contributed by atoms with E-state index in [1.54, 1.807) is 12.1 Å². The van der Waals surface area contributed by atoms with Crippen molar-refractivity contribution < 1.29 is 4.79 Å². The van der Waals surface area contributed by atoms with Gasteiger partial charge in [0.05, 0.1) is 17.1 Å². The molecule has 3 rings (SSSR count). The standard InChI is InChI=1S/C19H18BrN3O/c1-3-11-23-17-10-5-4-9-16(17)22-18(23)13(2)21-19(24)14-7-6-8-15(20)12-14/h3-10,12-13H,1,11H2,2H3,(H,21,24). The average molecular weight is 384 g/mol. The van der Waals surface area contributed by atoms with Crippen LogP contribution < -0.4 is 5.32 Å². The van der Waals surface area contributed by atoms with Gasteiger partial charge in [-0.15, -0.1) is 6.58 Å². The smallest absolute Gasteiger partial charge is 0.251 e. The minimum Gasteiger partial charge on any atom is -0.342 e. The van der Waals surface area contributed by atoms with Crippen molar-refractivity contribution in [2.24, 2.45) is 0 Å². The van der Waals surface area contributed by atoms with Gasteiger partial charge in [0.1, 0.15) is 5.82 Å². The number of imidazole rings is 1. The van der Waals surface area contributed by atoms with Gasteiger partial charge >= 0.3 is 0 Å². The molecule has 1 N–H and O–H groups in total. The number of rotatable bonds is 5. The highest BCUT2D eigenvalue weighted by atomic mass is 79.9. The second-order valence-corrected chi connectivity index (χ2v) is 6.48. The number of aromatic nitrogens is 2. The fraction of sp³-hybridized carbons (Fsp3) is 0.158. The van der Waals surface area contributed by atoms with E-state index in [0.29, 0.717) is 12.1 Å². The van der Waals surface area contributed by atoms with Crippen LogP contribution >= 0.6 is 15.9 Å². The third kappa shape index (κ3) is 3.26. The van der Waals surface area contributed by atoms with Gasteiger partial charge in [-0.3, -0.25) is 4.79 Å². The summed E-state index contributed by atoms with van der Waals surface area (Å²) in [6.45, 7) is 6.41. The largest absolute Gasteiger partial charge is 0.342 e. The van der Waals surface area contributed by atoms with Gasteiger partial charge in [-0.25, -0.2) is 4.98 Å². The van der Waals surface area contributed by atoms with Crippen LogP contribution in [0.3, 0.4) is 0 Å². The first-order valence-corrected chi connectivity index (χ1v) is 8.52. The lowest BCUT2D eigenvalue weighted by atomic mass is 10.2. The highest BCUT2D eigenvalue weighted by Crippen LogP contribution is 2.21. The predicted octanol–water partition coefficient (Wildman–Crippen LogP) is 4.48. The Balaban J connectivity index is 1.90. The number of hydrogen-bond donors (Lipinski definition) is 1. The molecule has 1 aromatic heterocycles. The molecule has 0 saturated carbocycles. The van der Waals surface area contributed by atoms with Gasteiger partial charge < -0.3 is 9.88 Å². The zero-order chi connectivity index (χ0) is 17.1. The second-order valence-electron chi connectivity index (χ2n) is 5.56. The highest BCUT2D eigenvalue weighted by molar-refractivity contribution is 9.10. The first-order valence-electron chi connectivity index (χ1n) is 7.72. The van der Waals surface area contributed by atoms with Crippen LogP contribution in [0.25, 0.3) is 11.0 Å². The predicted molar refractivity (Wildman–Crippen MR) is 100.0 cm³/mol. The molecular formula is C19H18BrN3O.